The number of nitrogens with one attached hydrogen (secondary N) is 1. The first-order valence-electron chi connectivity index (χ1n) is 5.78. The zero-order valence-electron chi connectivity index (χ0n) is 9.79. The summed E-state index contributed by atoms with van der Waals surface area (Å²) in [6.07, 6.45) is 2.53. The molecule has 1 aliphatic heterocycles. The Hall–Kier alpha value is -0.120. The van der Waals surface area contributed by atoms with Crippen molar-refractivity contribution in [1.29, 1.82) is 0 Å². The summed E-state index contributed by atoms with van der Waals surface area (Å²) in [4.78, 5) is 2.39. The summed E-state index contributed by atoms with van der Waals surface area (Å²) < 4.78 is 0. The summed E-state index contributed by atoms with van der Waals surface area (Å²) in [6, 6.07) is 1.17. The largest absolute Gasteiger partial charge is 0.329 e. The molecule has 1 heterocycles. The minimum atomic E-state index is 0.489. The van der Waals surface area contributed by atoms with Crippen molar-refractivity contribution in [3.8, 4) is 0 Å². The van der Waals surface area contributed by atoms with Crippen molar-refractivity contribution in [3.63, 3.8) is 0 Å². The fraction of sp³-hybridized carbons (Fsp3) is 1.00. The molecule has 1 aliphatic rings. The van der Waals surface area contributed by atoms with E-state index in [0.29, 0.717) is 18.0 Å². The van der Waals surface area contributed by atoms with E-state index in [1.807, 2.05) is 0 Å². The van der Waals surface area contributed by atoms with Gasteiger partial charge >= 0.3 is 0 Å². The first-order valence-corrected chi connectivity index (χ1v) is 5.78. The summed E-state index contributed by atoms with van der Waals surface area (Å²) >= 11 is 0. The quantitative estimate of drug-likeness (QED) is 0.698. The van der Waals surface area contributed by atoms with E-state index in [0.717, 1.165) is 6.54 Å². The van der Waals surface area contributed by atoms with Crippen LogP contribution in [-0.2, 0) is 0 Å². The molecule has 14 heavy (non-hydrogen) atoms. The van der Waals surface area contributed by atoms with E-state index in [2.05, 4.69) is 31.1 Å². The van der Waals surface area contributed by atoms with Gasteiger partial charge in [-0.3, -0.25) is 0 Å². The lowest BCUT2D eigenvalue weighted by atomic mass is 9.99. The molecule has 1 saturated heterocycles. The number of likely N-dealkylation sites (tertiary alicyclic amines) is 1. The van der Waals surface area contributed by atoms with Crippen LogP contribution in [0.1, 0.15) is 26.7 Å². The van der Waals surface area contributed by atoms with Gasteiger partial charge in [0.2, 0.25) is 0 Å². The molecule has 0 saturated carbocycles. The van der Waals surface area contributed by atoms with Crippen LogP contribution in [0.25, 0.3) is 0 Å². The van der Waals surface area contributed by atoms with Gasteiger partial charge in [0, 0.05) is 18.6 Å². The van der Waals surface area contributed by atoms with E-state index in [-0.39, 0.29) is 0 Å². The Kier molecular flexibility index (Phi) is 4.85. The van der Waals surface area contributed by atoms with Crippen molar-refractivity contribution in [3.05, 3.63) is 0 Å². The second-order valence-electron chi connectivity index (χ2n) is 4.83. The highest BCUT2D eigenvalue weighted by atomic mass is 15.1. The molecule has 1 atom stereocenters. The van der Waals surface area contributed by atoms with E-state index in [4.69, 9.17) is 5.73 Å². The first-order chi connectivity index (χ1) is 6.63. The smallest absolute Gasteiger partial charge is 0.0215 e. The maximum atomic E-state index is 5.75. The van der Waals surface area contributed by atoms with Crippen LogP contribution in [0, 0.1) is 5.92 Å². The molecule has 84 valence electrons. The van der Waals surface area contributed by atoms with Gasteiger partial charge in [-0.05, 0) is 38.9 Å². The molecule has 0 aromatic rings. The lowest BCUT2D eigenvalue weighted by Gasteiger charge is -2.33. The minimum Gasteiger partial charge on any atom is -0.329 e. The maximum absolute atomic E-state index is 5.75. The SMILES string of the molecule is CC(C)C(CN)NC1CCN(C)CC1. The minimum absolute atomic E-state index is 0.489. The van der Waals surface area contributed by atoms with Crippen molar-refractivity contribution in [2.75, 3.05) is 26.7 Å². The summed E-state index contributed by atoms with van der Waals surface area (Å²) in [5, 5.41) is 3.67. The molecule has 0 bridgehead atoms. The number of rotatable bonds is 4. The Labute approximate surface area is 88.0 Å². The topological polar surface area (TPSA) is 41.3 Å². The van der Waals surface area contributed by atoms with Crippen LogP contribution in [0.15, 0.2) is 0 Å². The van der Waals surface area contributed by atoms with Crippen LogP contribution in [0.4, 0.5) is 0 Å². The van der Waals surface area contributed by atoms with Gasteiger partial charge in [0.1, 0.15) is 0 Å². The van der Waals surface area contributed by atoms with Crippen LogP contribution >= 0.6 is 0 Å². The van der Waals surface area contributed by atoms with E-state index < -0.39 is 0 Å². The van der Waals surface area contributed by atoms with E-state index in [9.17, 15) is 0 Å². The predicted octanol–water partition coefficient (Wildman–Crippen LogP) is 0.654. The Morgan fingerprint density at radius 1 is 1.36 bits per heavy atom. The van der Waals surface area contributed by atoms with Crippen molar-refractivity contribution in [2.24, 2.45) is 11.7 Å². The zero-order chi connectivity index (χ0) is 10.6. The fourth-order valence-corrected chi connectivity index (χ4v) is 2.01. The normalized spacial score (nSPS) is 22.9. The average Bonchev–Trinajstić information content (AvgIpc) is 2.16. The van der Waals surface area contributed by atoms with E-state index >= 15 is 0 Å². The highest BCUT2D eigenvalue weighted by Gasteiger charge is 2.20. The molecule has 0 aromatic carbocycles. The molecule has 0 aromatic heterocycles. The number of hydrogen-bond acceptors (Lipinski definition) is 3. The molecule has 3 N–H and O–H groups in total. The Bertz CT molecular complexity index is 151. The number of piperidine rings is 1. The summed E-state index contributed by atoms with van der Waals surface area (Å²) in [7, 11) is 2.19. The third-order valence-corrected chi connectivity index (χ3v) is 3.23. The standard InChI is InChI=1S/C11H25N3/c1-9(2)11(8-12)13-10-4-6-14(3)7-5-10/h9-11,13H,4-8,12H2,1-3H3. The Morgan fingerprint density at radius 3 is 2.36 bits per heavy atom. The molecule has 0 aliphatic carbocycles. The van der Waals surface area contributed by atoms with Crippen molar-refractivity contribution in [2.45, 2.75) is 38.8 Å². The lowest BCUT2D eigenvalue weighted by Crippen LogP contribution is -2.49. The Balaban J connectivity index is 2.29. The van der Waals surface area contributed by atoms with Crippen LogP contribution in [0.3, 0.4) is 0 Å². The highest BCUT2D eigenvalue weighted by Crippen LogP contribution is 2.11. The average molecular weight is 199 g/mol. The zero-order valence-corrected chi connectivity index (χ0v) is 9.79. The van der Waals surface area contributed by atoms with Crippen LogP contribution in [0.2, 0.25) is 0 Å². The van der Waals surface area contributed by atoms with Crippen LogP contribution in [0.5, 0.6) is 0 Å². The van der Waals surface area contributed by atoms with Crippen molar-refractivity contribution < 1.29 is 0 Å². The third kappa shape index (κ3) is 3.56. The second-order valence-corrected chi connectivity index (χ2v) is 4.83. The molecular weight excluding hydrogens is 174 g/mol. The molecular formula is C11H25N3. The van der Waals surface area contributed by atoms with Gasteiger partial charge in [0.25, 0.3) is 0 Å². The van der Waals surface area contributed by atoms with Gasteiger partial charge in [0.05, 0.1) is 0 Å². The van der Waals surface area contributed by atoms with Gasteiger partial charge in [-0.1, -0.05) is 13.8 Å². The fourth-order valence-electron chi connectivity index (χ4n) is 2.01. The highest BCUT2D eigenvalue weighted by molar-refractivity contribution is 4.81. The first kappa shape index (κ1) is 12.0. The summed E-state index contributed by atoms with van der Waals surface area (Å²) in [5.74, 6) is 0.639. The maximum Gasteiger partial charge on any atom is 0.0215 e. The molecule has 3 heteroatoms. The molecule has 0 amide bonds. The van der Waals surface area contributed by atoms with Crippen molar-refractivity contribution >= 4 is 0 Å². The number of hydrogen-bond donors (Lipinski definition) is 2. The van der Waals surface area contributed by atoms with Gasteiger partial charge in [-0.2, -0.15) is 0 Å². The number of nitrogens with two attached hydrogens (primary N) is 1. The molecule has 0 radical (unpaired) electrons. The summed E-state index contributed by atoms with van der Waals surface area (Å²) in [6.45, 7) is 7.66. The number of nitrogens with zero attached hydrogens (tertiary/aromatic N) is 1. The van der Waals surface area contributed by atoms with Gasteiger partial charge in [-0.25, -0.2) is 0 Å². The van der Waals surface area contributed by atoms with Gasteiger partial charge in [0.15, 0.2) is 0 Å². The van der Waals surface area contributed by atoms with Crippen LogP contribution < -0.4 is 11.1 Å². The Morgan fingerprint density at radius 2 is 1.93 bits per heavy atom. The molecule has 1 rings (SSSR count). The monoisotopic (exact) mass is 199 g/mol. The van der Waals surface area contributed by atoms with Gasteiger partial charge < -0.3 is 16.0 Å². The third-order valence-electron chi connectivity index (χ3n) is 3.23. The van der Waals surface area contributed by atoms with Crippen LogP contribution in [-0.4, -0.2) is 43.7 Å². The molecule has 1 fully saturated rings. The van der Waals surface area contributed by atoms with Crippen molar-refractivity contribution in [1.82, 2.24) is 10.2 Å². The van der Waals surface area contributed by atoms with E-state index in [1.165, 1.54) is 25.9 Å². The van der Waals surface area contributed by atoms with Gasteiger partial charge in [-0.15, -0.1) is 0 Å². The molecule has 3 nitrogen and oxygen atoms in total. The predicted molar refractivity (Wildman–Crippen MR) is 61.3 cm³/mol. The molecule has 1 unspecified atom stereocenters. The second kappa shape index (κ2) is 5.69. The van der Waals surface area contributed by atoms with E-state index in [1.54, 1.807) is 0 Å². The summed E-state index contributed by atoms with van der Waals surface area (Å²) in [5.41, 5.74) is 5.75. The lowest BCUT2D eigenvalue weighted by molar-refractivity contribution is 0.215. The molecule has 0 spiro atoms.